The van der Waals surface area contributed by atoms with Crippen LogP contribution in [0.5, 0.6) is 0 Å². The van der Waals surface area contributed by atoms with Crippen LogP contribution in [0.15, 0.2) is 437 Å². The molecule has 0 saturated carbocycles. The summed E-state index contributed by atoms with van der Waals surface area (Å²) in [4.78, 5) is 0. The van der Waals surface area contributed by atoms with E-state index in [4.69, 9.17) is 0 Å². The van der Waals surface area contributed by atoms with Gasteiger partial charge >= 0.3 is 0 Å². The number of hydrogen-bond donors (Lipinski definition) is 0. The highest BCUT2D eigenvalue weighted by atomic mass is 14.4. The smallest absolute Gasteiger partial charge is 0.000695 e. The second-order valence-electron chi connectivity index (χ2n) is 42.9. The van der Waals surface area contributed by atoms with E-state index >= 15 is 0 Å². The molecule has 13 aliphatic carbocycles. The predicted molar refractivity (Wildman–Crippen MR) is 613 cm³/mol. The Labute approximate surface area is 857 Å². The van der Waals surface area contributed by atoms with Crippen LogP contribution < -0.4 is 0 Å². The molecule has 24 aromatic rings. The lowest BCUT2D eigenvalue weighted by Gasteiger charge is -2.17. The van der Waals surface area contributed by atoms with E-state index in [1.54, 1.807) is 22.3 Å². The number of benzene rings is 24. The molecule has 0 fully saturated rings. The van der Waals surface area contributed by atoms with Crippen LogP contribution in [0.4, 0.5) is 0 Å². The normalized spacial score (nSPS) is 13.6. The molecule has 0 spiro atoms. The highest BCUT2D eigenvalue weighted by Crippen LogP contribution is 2.61. The Balaban J connectivity index is 0.0000000784. The van der Waals surface area contributed by atoms with E-state index in [2.05, 4.69) is 437 Å². The van der Waals surface area contributed by atoms with Gasteiger partial charge in [0, 0.05) is 0 Å². The molecule has 0 unspecified atom stereocenters. The minimum Gasteiger partial charge on any atom is -0.0619 e. The molecular formula is C147H98. The van der Waals surface area contributed by atoms with Gasteiger partial charge in [0.15, 0.2) is 0 Å². The van der Waals surface area contributed by atoms with Crippen LogP contribution in [-0.4, -0.2) is 0 Å². The first kappa shape index (κ1) is 83.1. The highest BCUT2D eigenvalue weighted by Gasteiger charge is 2.41. The molecule has 0 radical (unpaired) electrons. The van der Waals surface area contributed by atoms with Gasteiger partial charge in [0.2, 0.25) is 0 Å². The zero-order valence-electron chi connectivity index (χ0n) is 81.8. The summed E-state index contributed by atoms with van der Waals surface area (Å²) in [5, 5.41) is 13.8. The van der Waals surface area contributed by atoms with Gasteiger partial charge in [-0.2, -0.15) is 0 Å². The Morgan fingerprint density at radius 2 is 0.306 bits per heavy atom. The number of hydrogen-bond acceptors (Lipinski definition) is 0. The lowest BCUT2D eigenvalue weighted by atomic mass is 9.86. The maximum absolute atomic E-state index is 2.40. The zero-order valence-corrected chi connectivity index (χ0v) is 81.8. The Morgan fingerprint density at radius 1 is 0.0884 bits per heavy atom. The fourth-order valence-corrected chi connectivity index (χ4v) is 29.1. The van der Waals surface area contributed by atoms with Crippen molar-refractivity contribution in [3.05, 3.63) is 581 Å². The van der Waals surface area contributed by atoms with Crippen molar-refractivity contribution in [1.82, 2.24) is 0 Å². The SMILES string of the molecule is c1ccc2c(c1)Cc1c-2c2c(c3ccccc13)Cc1ccccc1-2.c1ccc2c(c1)Cc1c3c(c4c(c1-2)Cc1ccccc1-4)-c1ccccc1C3.c1ccc2c(c1)Cc1ccc3c(c1-2)-c1c(ccc2ccccc12)C3.c1ccc2c(c1)Cc1ccc3c(c1-2)-c1c(ccc2ccccc12)C3.c1ccc2c(c1)Cc1ccc3c(c1-2)-c1cc2ccccc2cc1C3.c1ccc2c(c1)Cc1ccc3c(c1-2)-c1ccc2ccccc2c1C3. The fourth-order valence-electron chi connectivity index (χ4n) is 29.1. The predicted octanol–water partition coefficient (Wildman–Crippen LogP) is 36.3. The molecule has 0 aliphatic heterocycles. The van der Waals surface area contributed by atoms with Gasteiger partial charge in [0.1, 0.15) is 0 Å². The standard InChI is InChI=1S/C27H18.5C24H16/c1-4-10-19-16(7-1)13-22-23-14-17-8-2-5-11-20(17)26(23)27-21-12-6-3-9-18(21)15-24(27)25(19)22;1-3-9-17-15(7-1)13-21-19-11-5-6-12-20(19)22-14-16-8-2-4-10-18(16)24(22)23(17)21;1-3-7-19-15(5-1)11-12-21-22(19)14-18-10-9-17-13-16-6-2-4-8-20(16)23(17)24(18)21;2*1-3-7-20-15(5-1)9-10-18-14-19-12-11-17-13-16-6-2-4-8-21(16)23(17)24(19)22(18)20;1-2-6-16-14-22-20(11-15(16)5-1)13-19-10-9-18-12-17-7-3-4-8-21(17)23(18)24(19)22/h1-12H,13-15H2;4*1-12H,13-14H2;1-11,14H,12-13H2. The summed E-state index contributed by atoms with van der Waals surface area (Å²) in [6.07, 6.45) is 13.9. The molecule has 0 heteroatoms. The van der Waals surface area contributed by atoms with Crippen molar-refractivity contribution < 1.29 is 0 Å². The van der Waals surface area contributed by atoms with E-state index in [9.17, 15) is 0 Å². The third-order valence-electron chi connectivity index (χ3n) is 35.3. The van der Waals surface area contributed by atoms with E-state index in [0.717, 1.165) is 83.5 Å². The summed E-state index contributed by atoms with van der Waals surface area (Å²) in [7, 11) is 0. The topological polar surface area (TPSA) is 0 Å². The second-order valence-corrected chi connectivity index (χ2v) is 42.9. The van der Waals surface area contributed by atoms with E-state index in [1.807, 2.05) is 0 Å². The molecule has 0 atom stereocenters. The van der Waals surface area contributed by atoms with E-state index in [0.29, 0.717) is 0 Å². The first-order valence-corrected chi connectivity index (χ1v) is 53.1. The Bertz CT molecular complexity index is 9610. The molecule has 0 heterocycles. The van der Waals surface area contributed by atoms with E-state index in [-0.39, 0.29) is 0 Å². The monoisotopic (exact) mass is 1860 g/mol. The van der Waals surface area contributed by atoms with Crippen LogP contribution in [-0.2, 0) is 83.5 Å². The van der Waals surface area contributed by atoms with Crippen molar-refractivity contribution in [3.8, 4) is 145 Å². The van der Waals surface area contributed by atoms with Crippen molar-refractivity contribution >= 4 is 53.9 Å². The van der Waals surface area contributed by atoms with Crippen LogP contribution >= 0.6 is 0 Å². The highest BCUT2D eigenvalue weighted by molar-refractivity contribution is 6.13. The molecule has 37 rings (SSSR count). The van der Waals surface area contributed by atoms with Crippen LogP contribution in [0.2, 0.25) is 0 Å². The van der Waals surface area contributed by atoms with Crippen LogP contribution in [0.3, 0.4) is 0 Å². The Hall–Kier alpha value is -17.4. The minimum atomic E-state index is 1.06. The molecule has 147 heavy (non-hydrogen) atoms. The Morgan fingerprint density at radius 3 is 0.707 bits per heavy atom. The molecule has 13 aliphatic rings. The van der Waals surface area contributed by atoms with Gasteiger partial charge in [0.05, 0.1) is 0 Å². The summed E-state index contributed by atoms with van der Waals surface area (Å²) >= 11 is 0. The van der Waals surface area contributed by atoms with Gasteiger partial charge < -0.3 is 0 Å². The number of rotatable bonds is 0. The van der Waals surface area contributed by atoms with E-state index < -0.39 is 0 Å². The van der Waals surface area contributed by atoms with Crippen LogP contribution in [0, 0.1) is 0 Å². The molecule has 0 N–H and O–H groups in total. The first-order valence-electron chi connectivity index (χ1n) is 53.1. The van der Waals surface area contributed by atoms with Crippen LogP contribution in [0.1, 0.15) is 145 Å². The molecule has 0 aromatic heterocycles. The summed E-state index contributed by atoms with van der Waals surface area (Å²) in [5.41, 5.74) is 77.1. The summed E-state index contributed by atoms with van der Waals surface area (Å²) < 4.78 is 0. The average molecular weight is 1860 g/mol. The molecule has 0 nitrogen and oxygen atoms in total. The molecular weight excluding hydrogens is 1770 g/mol. The molecule has 0 bridgehead atoms. The summed E-state index contributed by atoms with van der Waals surface area (Å²) in [5.74, 6) is 0. The third-order valence-corrected chi connectivity index (χ3v) is 35.3. The lowest BCUT2D eigenvalue weighted by Crippen LogP contribution is -1.97. The van der Waals surface area contributed by atoms with Crippen molar-refractivity contribution in [2.45, 2.75) is 83.5 Å². The molecule has 24 aromatic carbocycles. The maximum atomic E-state index is 2.40. The van der Waals surface area contributed by atoms with Crippen molar-refractivity contribution in [2.24, 2.45) is 0 Å². The van der Waals surface area contributed by atoms with Crippen molar-refractivity contribution in [3.63, 3.8) is 0 Å². The van der Waals surface area contributed by atoms with Gasteiger partial charge in [-0.1, -0.05) is 431 Å². The summed E-state index contributed by atoms with van der Waals surface area (Å²) in [6.45, 7) is 0. The van der Waals surface area contributed by atoms with Gasteiger partial charge in [-0.05, 0) is 433 Å². The third kappa shape index (κ3) is 12.6. The molecule has 0 saturated heterocycles. The van der Waals surface area contributed by atoms with Crippen molar-refractivity contribution in [1.29, 1.82) is 0 Å². The summed E-state index contributed by atoms with van der Waals surface area (Å²) in [6, 6.07) is 162. The first-order chi connectivity index (χ1) is 72.9. The fraction of sp³-hybridized carbons (Fsp3) is 0.0884. The molecule has 686 valence electrons. The number of fused-ring (bicyclic) bond motifs is 57. The van der Waals surface area contributed by atoms with Crippen LogP contribution in [0.25, 0.3) is 199 Å². The maximum Gasteiger partial charge on any atom is -0.000695 e. The van der Waals surface area contributed by atoms with Crippen molar-refractivity contribution in [2.75, 3.05) is 0 Å². The minimum absolute atomic E-state index is 1.06. The Kier molecular flexibility index (Phi) is 18.4. The average Bonchev–Trinajstić information content (AvgIpc) is 1.52. The zero-order chi connectivity index (χ0) is 95.9. The largest absolute Gasteiger partial charge is 0.0619 e. The lowest BCUT2D eigenvalue weighted by molar-refractivity contribution is 1.15. The quantitative estimate of drug-likeness (QED) is 0.142. The second kappa shape index (κ2) is 32.5. The molecule has 0 amide bonds. The van der Waals surface area contributed by atoms with Gasteiger partial charge in [-0.15, -0.1) is 0 Å². The van der Waals surface area contributed by atoms with Gasteiger partial charge in [-0.25, -0.2) is 0 Å². The van der Waals surface area contributed by atoms with Gasteiger partial charge in [0.25, 0.3) is 0 Å². The van der Waals surface area contributed by atoms with E-state index in [1.165, 1.54) is 321 Å². The van der Waals surface area contributed by atoms with Gasteiger partial charge in [-0.3, -0.25) is 0 Å².